The molecule has 5 heteroatoms. The van der Waals surface area contributed by atoms with E-state index in [0.29, 0.717) is 4.88 Å². The Morgan fingerprint density at radius 1 is 1.17 bits per heavy atom. The van der Waals surface area contributed by atoms with E-state index in [0.717, 1.165) is 17.7 Å². The Morgan fingerprint density at radius 3 is 2.61 bits per heavy atom. The number of carboxylic acids is 1. The van der Waals surface area contributed by atoms with Crippen molar-refractivity contribution in [3.05, 3.63) is 46.3 Å². The van der Waals surface area contributed by atoms with Crippen LogP contribution in [0.1, 0.15) is 34.6 Å². The molecule has 0 radical (unpaired) electrons. The first kappa shape index (κ1) is 15.7. The fourth-order valence-electron chi connectivity index (χ4n) is 2.80. The van der Waals surface area contributed by atoms with Crippen molar-refractivity contribution in [2.75, 3.05) is 0 Å². The topological polar surface area (TPSA) is 66.4 Å². The summed E-state index contributed by atoms with van der Waals surface area (Å²) in [5, 5.41) is 11.8. The van der Waals surface area contributed by atoms with Gasteiger partial charge < -0.3 is 10.4 Å². The number of aliphatic carboxylic acids is 1. The average Bonchev–Trinajstić information content (AvgIpc) is 2.98. The first-order chi connectivity index (χ1) is 11.0. The molecule has 2 aromatic rings. The van der Waals surface area contributed by atoms with Crippen molar-refractivity contribution in [1.82, 2.24) is 5.32 Å². The second-order valence-corrected chi connectivity index (χ2v) is 7.06. The summed E-state index contributed by atoms with van der Waals surface area (Å²) in [7, 11) is 0. The Balaban J connectivity index is 1.83. The van der Waals surface area contributed by atoms with Crippen LogP contribution in [0, 0.1) is 5.92 Å². The summed E-state index contributed by atoms with van der Waals surface area (Å²) in [5.74, 6) is -1.71. The van der Waals surface area contributed by atoms with Crippen LogP contribution in [0.5, 0.6) is 0 Å². The zero-order valence-electron chi connectivity index (χ0n) is 13.1. The number of carbonyl (C=O) groups is 2. The zero-order valence-corrected chi connectivity index (χ0v) is 13.9. The highest BCUT2D eigenvalue weighted by Gasteiger charge is 2.24. The molecule has 0 saturated heterocycles. The number of hydrogen-bond donors (Lipinski definition) is 2. The summed E-state index contributed by atoms with van der Waals surface area (Å²) >= 11 is 1.49. The predicted octanol–water partition coefficient (Wildman–Crippen LogP) is 3.35. The number of amides is 1. The van der Waals surface area contributed by atoms with E-state index in [9.17, 15) is 9.59 Å². The van der Waals surface area contributed by atoms with E-state index in [1.165, 1.54) is 28.0 Å². The normalized spacial score (nSPS) is 15.2. The van der Waals surface area contributed by atoms with E-state index in [2.05, 4.69) is 17.4 Å². The van der Waals surface area contributed by atoms with Crippen LogP contribution in [-0.4, -0.2) is 23.0 Å². The molecule has 120 valence electrons. The number of rotatable bonds is 4. The van der Waals surface area contributed by atoms with E-state index >= 15 is 0 Å². The maximum atomic E-state index is 12.4. The number of thiophene rings is 1. The van der Waals surface area contributed by atoms with E-state index in [-0.39, 0.29) is 5.91 Å². The third kappa shape index (κ3) is 3.01. The lowest BCUT2D eigenvalue weighted by atomic mass is 9.91. The molecule has 1 amide bonds. The average molecular weight is 329 g/mol. The molecule has 1 heterocycles. The predicted molar refractivity (Wildman–Crippen MR) is 90.9 cm³/mol. The molecule has 2 atom stereocenters. The van der Waals surface area contributed by atoms with Crippen molar-refractivity contribution in [1.29, 1.82) is 0 Å². The number of aryl methyl sites for hydroxylation is 2. The molecular formula is C18H19NO3S. The first-order valence-corrected chi connectivity index (χ1v) is 8.53. The Labute approximate surface area is 139 Å². The summed E-state index contributed by atoms with van der Waals surface area (Å²) in [4.78, 5) is 25.2. The number of carbonyl (C=O) groups excluding carboxylic acids is 1. The first-order valence-electron chi connectivity index (χ1n) is 7.72. The Kier molecular flexibility index (Phi) is 4.22. The van der Waals surface area contributed by atoms with Gasteiger partial charge in [0.2, 0.25) is 0 Å². The van der Waals surface area contributed by atoms with Gasteiger partial charge in [-0.1, -0.05) is 24.3 Å². The molecule has 1 aromatic heterocycles. The number of benzene rings is 1. The van der Waals surface area contributed by atoms with Crippen LogP contribution in [0.25, 0.3) is 10.4 Å². The highest BCUT2D eigenvalue weighted by Crippen LogP contribution is 2.39. The SMILES string of the molecule is CC(NC(=O)c1cc2c(s1)-c1ccccc1CC2)C(C)C(=O)O. The fourth-order valence-corrected chi connectivity index (χ4v) is 3.97. The maximum absolute atomic E-state index is 12.4. The molecule has 4 nitrogen and oxygen atoms in total. The molecule has 2 N–H and O–H groups in total. The van der Waals surface area contributed by atoms with Crippen LogP contribution in [0.3, 0.4) is 0 Å². The van der Waals surface area contributed by atoms with Gasteiger partial charge in [0.25, 0.3) is 5.91 Å². The molecule has 1 aromatic carbocycles. The minimum absolute atomic E-state index is 0.192. The van der Waals surface area contributed by atoms with Gasteiger partial charge >= 0.3 is 5.97 Å². The molecular weight excluding hydrogens is 310 g/mol. The molecule has 2 unspecified atom stereocenters. The van der Waals surface area contributed by atoms with E-state index < -0.39 is 17.9 Å². The lowest BCUT2D eigenvalue weighted by molar-refractivity contribution is -0.141. The van der Waals surface area contributed by atoms with Gasteiger partial charge in [0.15, 0.2) is 0 Å². The number of carboxylic acid groups (broad SMARTS) is 1. The van der Waals surface area contributed by atoms with Gasteiger partial charge in [0.1, 0.15) is 0 Å². The highest BCUT2D eigenvalue weighted by atomic mass is 32.1. The van der Waals surface area contributed by atoms with Crippen LogP contribution >= 0.6 is 11.3 Å². The molecule has 0 aliphatic heterocycles. The van der Waals surface area contributed by atoms with Crippen molar-refractivity contribution in [3.63, 3.8) is 0 Å². The molecule has 0 saturated carbocycles. The van der Waals surface area contributed by atoms with Gasteiger partial charge in [-0.15, -0.1) is 11.3 Å². The summed E-state index contributed by atoms with van der Waals surface area (Å²) < 4.78 is 0. The molecule has 3 rings (SSSR count). The van der Waals surface area contributed by atoms with E-state index in [1.807, 2.05) is 18.2 Å². The van der Waals surface area contributed by atoms with Gasteiger partial charge in [0, 0.05) is 10.9 Å². The van der Waals surface area contributed by atoms with Crippen LogP contribution in [-0.2, 0) is 17.6 Å². The smallest absolute Gasteiger partial charge is 0.308 e. The van der Waals surface area contributed by atoms with E-state index in [1.54, 1.807) is 13.8 Å². The minimum Gasteiger partial charge on any atom is -0.481 e. The Bertz CT molecular complexity index is 765. The number of nitrogens with one attached hydrogen (secondary N) is 1. The van der Waals surface area contributed by atoms with Gasteiger partial charge in [-0.25, -0.2) is 0 Å². The van der Waals surface area contributed by atoms with Gasteiger partial charge in [-0.05, 0) is 49.4 Å². The summed E-state index contributed by atoms with van der Waals surface area (Å²) in [6.07, 6.45) is 1.94. The molecule has 0 spiro atoms. The van der Waals surface area contributed by atoms with Crippen molar-refractivity contribution in [2.45, 2.75) is 32.7 Å². The summed E-state index contributed by atoms with van der Waals surface area (Å²) in [6, 6.07) is 9.83. The molecule has 23 heavy (non-hydrogen) atoms. The Hall–Kier alpha value is -2.14. The van der Waals surface area contributed by atoms with Gasteiger partial charge in [-0.2, -0.15) is 0 Å². The fraction of sp³-hybridized carbons (Fsp3) is 0.333. The van der Waals surface area contributed by atoms with Crippen molar-refractivity contribution in [3.8, 4) is 10.4 Å². The van der Waals surface area contributed by atoms with Crippen molar-refractivity contribution in [2.24, 2.45) is 5.92 Å². The molecule has 0 bridgehead atoms. The number of hydrogen-bond acceptors (Lipinski definition) is 3. The standard InChI is InChI=1S/C18H19NO3S/c1-10(18(21)22)11(2)19-17(20)15-9-13-8-7-12-5-3-4-6-14(12)16(13)23-15/h3-6,9-11H,7-8H2,1-2H3,(H,19,20)(H,21,22). The second kappa shape index (κ2) is 6.16. The lowest BCUT2D eigenvalue weighted by Crippen LogP contribution is -2.39. The second-order valence-electron chi connectivity index (χ2n) is 6.01. The minimum atomic E-state index is -0.905. The van der Waals surface area contributed by atoms with Gasteiger partial charge in [-0.3, -0.25) is 9.59 Å². The monoisotopic (exact) mass is 329 g/mol. The quantitative estimate of drug-likeness (QED) is 0.904. The molecule has 0 fully saturated rings. The lowest BCUT2D eigenvalue weighted by Gasteiger charge is -2.17. The van der Waals surface area contributed by atoms with Crippen LogP contribution in [0.15, 0.2) is 30.3 Å². The summed E-state index contributed by atoms with van der Waals surface area (Å²) in [5.41, 5.74) is 3.74. The molecule has 1 aliphatic carbocycles. The van der Waals surface area contributed by atoms with Gasteiger partial charge in [0.05, 0.1) is 10.8 Å². The Morgan fingerprint density at radius 2 is 1.87 bits per heavy atom. The van der Waals surface area contributed by atoms with Crippen molar-refractivity contribution < 1.29 is 14.7 Å². The van der Waals surface area contributed by atoms with Crippen LogP contribution in [0.2, 0.25) is 0 Å². The zero-order chi connectivity index (χ0) is 16.6. The van der Waals surface area contributed by atoms with Crippen molar-refractivity contribution >= 4 is 23.2 Å². The summed E-state index contributed by atoms with van der Waals surface area (Å²) in [6.45, 7) is 3.32. The highest BCUT2D eigenvalue weighted by molar-refractivity contribution is 7.17. The third-order valence-corrected chi connectivity index (χ3v) is 5.67. The van der Waals surface area contributed by atoms with Crippen LogP contribution in [0.4, 0.5) is 0 Å². The van der Waals surface area contributed by atoms with E-state index in [4.69, 9.17) is 5.11 Å². The third-order valence-electron chi connectivity index (χ3n) is 4.46. The van der Waals surface area contributed by atoms with Crippen LogP contribution < -0.4 is 5.32 Å². The largest absolute Gasteiger partial charge is 0.481 e. The number of fused-ring (bicyclic) bond motifs is 3. The molecule has 1 aliphatic rings. The maximum Gasteiger partial charge on any atom is 0.308 e.